The molecule has 272 valence electrons. The average Bonchev–Trinajstić information content (AvgIpc) is 3.03. The fourth-order valence-corrected chi connectivity index (χ4v) is 6.76. The fourth-order valence-electron chi connectivity index (χ4n) is 6.76. The van der Waals surface area contributed by atoms with E-state index in [1.807, 2.05) is 0 Å². The molecule has 0 radical (unpaired) electrons. The third-order valence-electron chi connectivity index (χ3n) is 9.69. The highest BCUT2D eigenvalue weighted by molar-refractivity contribution is 5.74. The van der Waals surface area contributed by atoms with Crippen molar-refractivity contribution in [1.29, 1.82) is 0 Å². The molecule has 0 aliphatic heterocycles. The Morgan fingerprint density at radius 3 is 0.558 bits per heavy atom. The standard InChI is InChI=1S/C32H28N4O16/c1-9-13-5-15(27(39)21(25(13)37)33(45)46)10(2)17-7-19(31(43)23(29(17)41)35(49)50)12(4)20-8-18(30(42)24(32(20)44)36(51)52)11(3)16-6-14(9)26(38)22(28(16)40)34(47)48/h5-12,37-44H,1-4H3. The van der Waals surface area contributed by atoms with Crippen molar-refractivity contribution in [3.8, 4) is 46.0 Å². The van der Waals surface area contributed by atoms with E-state index in [1.165, 1.54) is 27.7 Å². The number of phenolic OH excluding ortho intramolecular Hbond substituents is 8. The summed E-state index contributed by atoms with van der Waals surface area (Å²) < 4.78 is 0. The second-order valence-electron chi connectivity index (χ2n) is 12.3. The van der Waals surface area contributed by atoms with Crippen molar-refractivity contribution in [2.75, 3.05) is 0 Å². The smallest absolute Gasteiger partial charge is 0.352 e. The summed E-state index contributed by atoms with van der Waals surface area (Å²) >= 11 is 0. The Kier molecular flexibility index (Phi) is 8.58. The van der Waals surface area contributed by atoms with E-state index in [1.54, 1.807) is 0 Å². The SMILES string of the molecule is CC1c2cc(c(O)c([N+](=O)[O-])c2O)C(C)c2cc(c(O)c([N+](=O)[O-])c2O)C(C)c2cc(c(O)c([N+](=O)[O-])c2O)C(C)c2cc1c(O)c([N+](=O)[O-])c2O. The molecule has 0 heterocycles. The fraction of sp³-hybridized carbons (Fsp3) is 0.250. The molecule has 8 bridgehead atoms. The van der Waals surface area contributed by atoms with Gasteiger partial charge in [-0.05, 0) is 24.3 Å². The number of nitro groups is 4. The van der Waals surface area contributed by atoms with Gasteiger partial charge in [0.25, 0.3) is 0 Å². The minimum atomic E-state index is -1.47. The van der Waals surface area contributed by atoms with Gasteiger partial charge in [0.15, 0.2) is 0 Å². The van der Waals surface area contributed by atoms with Crippen molar-refractivity contribution in [2.45, 2.75) is 51.4 Å². The summed E-state index contributed by atoms with van der Waals surface area (Å²) in [7, 11) is 0. The van der Waals surface area contributed by atoms with E-state index in [0.717, 1.165) is 24.3 Å². The van der Waals surface area contributed by atoms with Crippen LogP contribution in [0.5, 0.6) is 46.0 Å². The topological polar surface area (TPSA) is 334 Å². The van der Waals surface area contributed by atoms with E-state index in [9.17, 15) is 81.3 Å². The number of nitro benzene ring substituents is 4. The molecule has 4 aromatic rings. The monoisotopic (exact) mass is 724 g/mol. The van der Waals surface area contributed by atoms with Gasteiger partial charge in [0, 0.05) is 68.2 Å². The molecule has 0 spiro atoms. The van der Waals surface area contributed by atoms with Crippen LogP contribution in [0.3, 0.4) is 0 Å². The Labute approximate surface area is 289 Å². The highest BCUT2D eigenvalue weighted by Gasteiger charge is 2.40. The van der Waals surface area contributed by atoms with Crippen LogP contribution in [-0.2, 0) is 0 Å². The summed E-state index contributed by atoms with van der Waals surface area (Å²) in [6.45, 7) is 4.89. The second kappa shape index (κ2) is 12.3. The van der Waals surface area contributed by atoms with Crippen LogP contribution in [0.1, 0.15) is 95.9 Å². The quantitative estimate of drug-likeness (QED) is 0.0898. The lowest BCUT2D eigenvalue weighted by Gasteiger charge is -2.25. The molecular weight excluding hydrogens is 696 g/mol. The number of hydrogen-bond donors (Lipinski definition) is 8. The van der Waals surface area contributed by atoms with Gasteiger partial charge in [-0.1, -0.05) is 27.7 Å². The van der Waals surface area contributed by atoms with Gasteiger partial charge >= 0.3 is 22.7 Å². The van der Waals surface area contributed by atoms with Crippen molar-refractivity contribution in [3.05, 3.63) is 109 Å². The Balaban J connectivity index is 2.08. The minimum Gasteiger partial charge on any atom is -0.502 e. The van der Waals surface area contributed by atoms with Crippen molar-refractivity contribution >= 4 is 22.7 Å². The first-order chi connectivity index (χ1) is 24.1. The third-order valence-corrected chi connectivity index (χ3v) is 9.69. The number of nitrogens with zero attached hydrogens (tertiary/aromatic N) is 4. The number of phenols is 8. The van der Waals surface area contributed by atoms with Gasteiger partial charge in [0.05, 0.1) is 19.7 Å². The normalized spacial score (nSPS) is 18.1. The molecule has 0 amide bonds. The van der Waals surface area contributed by atoms with Crippen molar-refractivity contribution in [2.24, 2.45) is 0 Å². The maximum Gasteiger partial charge on any atom is 0.352 e. The van der Waals surface area contributed by atoms with E-state index in [0.29, 0.717) is 0 Å². The van der Waals surface area contributed by atoms with Crippen LogP contribution in [-0.4, -0.2) is 60.5 Å². The average molecular weight is 725 g/mol. The van der Waals surface area contributed by atoms with Crippen LogP contribution in [0.4, 0.5) is 22.7 Å². The molecule has 0 atom stereocenters. The molecule has 0 saturated heterocycles. The van der Waals surface area contributed by atoms with Crippen LogP contribution in [0, 0.1) is 40.5 Å². The molecular formula is C32H28N4O16. The zero-order valence-corrected chi connectivity index (χ0v) is 27.3. The predicted molar refractivity (Wildman–Crippen MR) is 176 cm³/mol. The third kappa shape index (κ3) is 5.15. The first-order valence-electron chi connectivity index (χ1n) is 15.1. The van der Waals surface area contributed by atoms with Crippen LogP contribution >= 0.6 is 0 Å². The summed E-state index contributed by atoms with van der Waals surface area (Å²) in [5.74, 6) is -15.2. The first kappa shape index (κ1) is 36.2. The Morgan fingerprint density at radius 2 is 0.462 bits per heavy atom. The van der Waals surface area contributed by atoms with Gasteiger partial charge in [-0.15, -0.1) is 0 Å². The van der Waals surface area contributed by atoms with E-state index >= 15 is 0 Å². The maximum absolute atomic E-state index is 12.2. The van der Waals surface area contributed by atoms with E-state index < -0.39 is 157 Å². The van der Waals surface area contributed by atoms with Crippen LogP contribution in [0.15, 0.2) is 24.3 Å². The molecule has 5 rings (SSSR count). The number of rotatable bonds is 4. The maximum atomic E-state index is 12.2. The molecule has 1 aliphatic carbocycles. The van der Waals surface area contributed by atoms with Gasteiger partial charge in [0.2, 0.25) is 46.0 Å². The van der Waals surface area contributed by atoms with E-state index in [4.69, 9.17) is 0 Å². The number of aromatic hydroxyl groups is 8. The van der Waals surface area contributed by atoms with Gasteiger partial charge < -0.3 is 40.9 Å². The Morgan fingerprint density at radius 1 is 0.346 bits per heavy atom. The second-order valence-corrected chi connectivity index (χ2v) is 12.3. The molecule has 0 saturated carbocycles. The summed E-state index contributed by atoms with van der Waals surface area (Å²) in [6.07, 6.45) is 0. The molecule has 0 unspecified atom stereocenters. The van der Waals surface area contributed by atoms with Gasteiger partial charge in [-0.2, -0.15) is 0 Å². The molecule has 0 aromatic heterocycles. The lowest BCUT2D eigenvalue weighted by molar-refractivity contribution is -0.387. The zero-order chi connectivity index (χ0) is 39.0. The minimum absolute atomic E-state index is 0.445. The lowest BCUT2D eigenvalue weighted by Crippen LogP contribution is -2.10. The summed E-state index contributed by atoms with van der Waals surface area (Å²) in [5.41, 5.74) is -8.70. The summed E-state index contributed by atoms with van der Waals surface area (Å²) in [4.78, 5) is 44.1. The molecule has 8 N–H and O–H groups in total. The van der Waals surface area contributed by atoms with Crippen molar-refractivity contribution in [3.63, 3.8) is 0 Å². The van der Waals surface area contributed by atoms with Crippen molar-refractivity contribution < 1.29 is 60.5 Å². The Bertz CT molecular complexity index is 1860. The summed E-state index contributed by atoms with van der Waals surface area (Å²) in [5, 5.41) is 138. The first-order valence-corrected chi connectivity index (χ1v) is 15.1. The van der Waals surface area contributed by atoms with Gasteiger partial charge in [-0.25, -0.2) is 0 Å². The van der Waals surface area contributed by atoms with Crippen LogP contribution in [0.25, 0.3) is 0 Å². The van der Waals surface area contributed by atoms with Crippen LogP contribution in [0.2, 0.25) is 0 Å². The molecule has 0 fully saturated rings. The van der Waals surface area contributed by atoms with Gasteiger partial charge in [-0.3, -0.25) is 40.5 Å². The molecule has 20 nitrogen and oxygen atoms in total. The molecule has 52 heavy (non-hydrogen) atoms. The van der Waals surface area contributed by atoms with Gasteiger partial charge in [0.1, 0.15) is 0 Å². The summed E-state index contributed by atoms with van der Waals surface area (Å²) in [6, 6.07) is 3.96. The Hall–Kier alpha value is -7.12. The van der Waals surface area contributed by atoms with Crippen LogP contribution < -0.4 is 0 Å². The highest BCUT2D eigenvalue weighted by atomic mass is 16.6. The molecule has 20 heteroatoms. The molecule has 4 aromatic carbocycles. The van der Waals surface area contributed by atoms with Crippen molar-refractivity contribution in [1.82, 2.24) is 0 Å². The number of fused-ring (bicyclic) bond motifs is 8. The number of hydrogen-bond acceptors (Lipinski definition) is 16. The zero-order valence-electron chi connectivity index (χ0n) is 27.3. The predicted octanol–water partition coefficient (Wildman–Crippen LogP) is 5.88. The highest BCUT2D eigenvalue weighted by Crippen LogP contribution is 2.57. The largest absolute Gasteiger partial charge is 0.502 e. The van der Waals surface area contributed by atoms with E-state index in [2.05, 4.69) is 0 Å². The molecule has 1 aliphatic rings. The van der Waals surface area contributed by atoms with E-state index in [-0.39, 0.29) is 0 Å². The lowest BCUT2D eigenvalue weighted by atomic mass is 9.80. The number of benzene rings is 4.